The Balaban J connectivity index is 1.56. The molecule has 0 bridgehead atoms. The van der Waals surface area contributed by atoms with E-state index < -0.39 is 10.0 Å². The van der Waals surface area contributed by atoms with Crippen LogP contribution < -0.4 is 5.32 Å². The lowest BCUT2D eigenvalue weighted by atomic mass is 10.0. The fourth-order valence-electron chi connectivity index (χ4n) is 3.22. The Bertz CT molecular complexity index is 1180. The molecule has 3 aromatic rings. The van der Waals surface area contributed by atoms with Crippen LogP contribution in [-0.4, -0.2) is 25.2 Å². The second-order valence-electron chi connectivity index (χ2n) is 6.58. The van der Waals surface area contributed by atoms with E-state index in [1.165, 1.54) is 21.7 Å². The van der Waals surface area contributed by atoms with E-state index >= 15 is 0 Å². The molecule has 5 nitrogen and oxygen atoms in total. The lowest BCUT2D eigenvalue weighted by Crippen LogP contribution is -2.35. The van der Waals surface area contributed by atoms with Crippen LogP contribution in [-0.2, 0) is 23.0 Å². The highest BCUT2D eigenvalue weighted by atomic mass is 35.5. The number of sulfonamides is 1. The smallest absolute Gasteiger partial charge is 0.257 e. The number of nitrogens with zero attached hydrogens (tertiary/aromatic N) is 1. The first-order valence-corrected chi connectivity index (χ1v) is 11.8. The molecule has 1 N–H and O–H groups in total. The molecule has 0 saturated carbocycles. The quantitative estimate of drug-likeness (QED) is 0.584. The molecule has 0 atom stereocenters. The van der Waals surface area contributed by atoms with Crippen molar-refractivity contribution in [2.75, 3.05) is 11.9 Å². The molecule has 29 heavy (non-hydrogen) atoms. The molecule has 1 aliphatic heterocycles. The number of rotatable bonds is 4. The predicted molar refractivity (Wildman–Crippen MR) is 116 cm³/mol. The topological polar surface area (TPSA) is 66.5 Å². The number of thiophene rings is 1. The van der Waals surface area contributed by atoms with Crippen LogP contribution in [0.3, 0.4) is 0 Å². The average molecular weight is 467 g/mol. The first kappa shape index (κ1) is 20.4. The zero-order chi connectivity index (χ0) is 20.6. The summed E-state index contributed by atoms with van der Waals surface area (Å²) in [5, 5.41) is 5.28. The van der Waals surface area contributed by atoms with Crippen LogP contribution in [0.15, 0.2) is 58.1 Å². The fraction of sp³-hybridized carbons (Fsp3) is 0.150. The van der Waals surface area contributed by atoms with Crippen LogP contribution in [0.2, 0.25) is 10.0 Å². The van der Waals surface area contributed by atoms with Crippen LogP contribution in [0.5, 0.6) is 0 Å². The molecule has 0 saturated heterocycles. The Morgan fingerprint density at radius 2 is 1.90 bits per heavy atom. The molecule has 0 fully saturated rings. The number of anilines is 1. The van der Waals surface area contributed by atoms with Gasteiger partial charge in [0, 0.05) is 23.8 Å². The number of halogens is 2. The standard InChI is InChI=1S/C20H16Cl2N2O3S2/c21-15-4-6-18(22)17(11-15)20(25)23-16-5-3-13-7-8-24(12-14(13)10-16)29(26,27)19-2-1-9-28-19/h1-6,9-11H,7-8,12H2,(H,23,25). The van der Waals surface area contributed by atoms with Gasteiger partial charge in [-0.1, -0.05) is 35.3 Å². The maximum atomic E-state index is 12.8. The highest BCUT2D eigenvalue weighted by Gasteiger charge is 2.29. The minimum atomic E-state index is -3.52. The van der Waals surface area contributed by atoms with Gasteiger partial charge in [-0.2, -0.15) is 4.31 Å². The van der Waals surface area contributed by atoms with Gasteiger partial charge in [0.15, 0.2) is 0 Å². The molecule has 2 heterocycles. The molecule has 9 heteroatoms. The highest BCUT2D eigenvalue weighted by molar-refractivity contribution is 7.91. The van der Waals surface area contributed by atoms with Gasteiger partial charge in [-0.05, 0) is 59.3 Å². The van der Waals surface area contributed by atoms with Crippen LogP contribution in [0.4, 0.5) is 5.69 Å². The van der Waals surface area contributed by atoms with E-state index in [1.54, 1.807) is 35.7 Å². The van der Waals surface area contributed by atoms with Gasteiger partial charge in [0.1, 0.15) is 4.21 Å². The Kier molecular flexibility index (Phi) is 5.68. The van der Waals surface area contributed by atoms with Gasteiger partial charge < -0.3 is 5.32 Å². The van der Waals surface area contributed by atoms with Crippen LogP contribution in [0.25, 0.3) is 0 Å². The summed E-state index contributed by atoms with van der Waals surface area (Å²) in [7, 11) is -3.52. The van der Waals surface area contributed by atoms with E-state index in [0.717, 1.165) is 11.1 Å². The summed E-state index contributed by atoms with van der Waals surface area (Å²) >= 11 is 13.3. The molecule has 0 radical (unpaired) electrons. The van der Waals surface area contributed by atoms with Gasteiger partial charge >= 0.3 is 0 Å². The number of nitrogens with one attached hydrogen (secondary N) is 1. The molecule has 0 spiro atoms. The lowest BCUT2D eigenvalue weighted by Gasteiger charge is -2.28. The SMILES string of the molecule is O=C(Nc1ccc2c(c1)CN(S(=O)(=O)c1cccs1)CC2)c1cc(Cl)ccc1Cl. The molecular formula is C20H16Cl2N2O3S2. The van der Waals surface area contributed by atoms with E-state index in [4.69, 9.17) is 23.2 Å². The Morgan fingerprint density at radius 3 is 2.66 bits per heavy atom. The van der Waals surface area contributed by atoms with Crippen molar-refractivity contribution in [3.63, 3.8) is 0 Å². The summed E-state index contributed by atoms with van der Waals surface area (Å²) < 4.78 is 27.4. The van der Waals surface area contributed by atoms with E-state index in [2.05, 4.69) is 5.32 Å². The van der Waals surface area contributed by atoms with E-state index in [1.807, 2.05) is 12.1 Å². The van der Waals surface area contributed by atoms with Gasteiger partial charge in [0.05, 0.1) is 10.6 Å². The Hall–Kier alpha value is -1.90. The largest absolute Gasteiger partial charge is 0.322 e. The molecule has 1 aromatic heterocycles. The van der Waals surface area contributed by atoms with E-state index in [-0.39, 0.29) is 18.0 Å². The van der Waals surface area contributed by atoms with Crippen molar-refractivity contribution < 1.29 is 13.2 Å². The third-order valence-electron chi connectivity index (χ3n) is 4.70. The molecule has 2 aromatic carbocycles. The van der Waals surface area contributed by atoms with Crippen LogP contribution in [0.1, 0.15) is 21.5 Å². The maximum Gasteiger partial charge on any atom is 0.257 e. The number of carbonyl (C=O) groups is 1. The van der Waals surface area contributed by atoms with Gasteiger partial charge in [-0.25, -0.2) is 8.42 Å². The van der Waals surface area contributed by atoms with Gasteiger partial charge in [-0.3, -0.25) is 4.79 Å². The number of fused-ring (bicyclic) bond motifs is 1. The number of amides is 1. The van der Waals surface area contributed by atoms with E-state index in [9.17, 15) is 13.2 Å². The number of hydrogen-bond acceptors (Lipinski definition) is 4. The van der Waals surface area contributed by atoms with Crippen molar-refractivity contribution in [3.05, 3.63) is 80.6 Å². The molecule has 4 rings (SSSR count). The zero-order valence-electron chi connectivity index (χ0n) is 15.1. The number of hydrogen-bond donors (Lipinski definition) is 1. The van der Waals surface area contributed by atoms with Crippen molar-refractivity contribution in [1.82, 2.24) is 4.31 Å². The maximum absolute atomic E-state index is 12.8. The van der Waals surface area contributed by atoms with Crippen LogP contribution in [0, 0.1) is 0 Å². The summed E-state index contributed by atoms with van der Waals surface area (Å²) in [4.78, 5) is 12.6. The molecule has 0 unspecified atom stereocenters. The third-order valence-corrected chi connectivity index (χ3v) is 8.49. The molecule has 150 valence electrons. The molecule has 1 aliphatic rings. The average Bonchev–Trinajstić information content (AvgIpc) is 3.25. The van der Waals surface area contributed by atoms with Crippen molar-refractivity contribution in [1.29, 1.82) is 0 Å². The van der Waals surface area contributed by atoms with Gasteiger partial charge in [0.25, 0.3) is 15.9 Å². The van der Waals surface area contributed by atoms with Crippen molar-refractivity contribution >= 4 is 56.2 Å². The molecule has 0 aliphatic carbocycles. The molecular weight excluding hydrogens is 451 g/mol. The fourth-order valence-corrected chi connectivity index (χ4v) is 6.16. The highest BCUT2D eigenvalue weighted by Crippen LogP contribution is 2.29. The van der Waals surface area contributed by atoms with Crippen molar-refractivity contribution in [2.24, 2.45) is 0 Å². The summed E-state index contributed by atoms with van der Waals surface area (Å²) in [5.74, 6) is -0.378. The summed E-state index contributed by atoms with van der Waals surface area (Å²) in [6.07, 6.45) is 0.619. The summed E-state index contributed by atoms with van der Waals surface area (Å²) in [5.41, 5.74) is 2.78. The minimum Gasteiger partial charge on any atom is -0.322 e. The third kappa shape index (κ3) is 4.20. The summed E-state index contributed by atoms with van der Waals surface area (Å²) in [6.45, 7) is 0.689. The van der Waals surface area contributed by atoms with Crippen molar-refractivity contribution in [2.45, 2.75) is 17.2 Å². The normalized spacial score (nSPS) is 14.4. The minimum absolute atomic E-state index is 0.261. The second-order valence-corrected chi connectivity index (χ2v) is 10.5. The van der Waals surface area contributed by atoms with Crippen molar-refractivity contribution in [3.8, 4) is 0 Å². The van der Waals surface area contributed by atoms with Gasteiger partial charge in [-0.15, -0.1) is 11.3 Å². The Morgan fingerprint density at radius 1 is 1.07 bits per heavy atom. The first-order chi connectivity index (χ1) is 13.8. The van der Waals surface area contributed by atoms with Gasteiger partial charge in [0.2, 0.25) is 0 Å². The predicted octanol–water partition coefficient (Wildman–Crippen LogP) is 5.05. The summed E-state index contributed by atoms with van der Waals surface area (Å²) in [6, 6.07) is 13.6. The van der Waals surface area contributed by atoms with E-state index in [0.29, 0.717) is 32.9 Å². The molecule has 1 amide bonds. The Labute approximate surface area is 182 Å². The van der Waals surface area contributed by atoms with Crippen LogP contribution >= 0.6 is 34.5 Å². The zero-order valence-corrected chi connectivity index (χ0v) is 18.2. The monoisotopic (exact) mass is 466 g/mol. The lowest BCUT2D eigenvalue weighted by molar-refractivity contribution is 0.102. The first-order valence-electron chi connectivity index (χ1n) is 8.76. The second kappa shape index (κ2) is 8.08. The number of carbonyl (C=O) groups excluding carboxylic acids is 1. The number of benzene rings is 2.